The standard InChI is InChI=1S/C22H28F2O5/c1-11-6-13-14-8-16(23)15-7-12(26)4-5-19(15,2)21(14,24)17(27)9-20(13,3)22(11,29)18(28)10-25/h4-5,7,11,13-14,16-17,25,27,29H,6,8-10H2,1-3H3/t11-,13+,14+,16-,17-,19-,20-,21?,22-/m0/s1. The average Bonchev–Trinajstić information content (AvgIpc) is 2.86. The lowest BCUT2D eigenvalue weighted by molar-refractivity contribution is -0.223. The van der Waals surface area contributed by atoms with Crippen molar-refractivity contribution in [2.24, 2.45) is 28.6 Å². The van der Waals surface area contributed by atoms with Crippen molar-refractivity contribution in [2.75, 3.05) is 6.61 Å². The molecule has 0 aromatic heterocycles. The minimum Gasteiger partial charge on any atom is -0.390 e. The van der Waals surface area contributed by atoms with Crippen LogP contribution in [-0.2, 0) is 9.59 Å². The van der Waals surface area contributed by atoms with E-state index in [0.717, 1.165) is 6.08 Å². The monoisotopic (exact) mass is 410 g/mol. The highest BCUT2D eigenvalue weighted by molar-refractivity contribution is 6.01. The number of Topliss-reactive ketones (excluding diaryl/α,β-unsaturated/α-hetero) is 1. The molecule has 9 atom stereocenters. The number of hydrogen-bond acceptors (Lipinski definition) is 5. The van der Waals surface area contributed by atoms with Gasteiger partial charge in [-0.1, -0.05) is 19.9 Å². The molecule has 3 saturated carbocycles. The quantitative estimate of drug-likeness (QED) is 0.646. The highest BCUT2D eigenvalue weighted by Crippen LogP contribution is 2.70. The molecule has 3 fully saturated rings. The van der Waals surface area contributed by atoms with Crippen LogP contribution in [0.15, 0.2) is 23.8 Å². The highest BCUT2D eigenvalue weighted by Gasteiger charge is 2.76. The largest absolute Gasteiger partial charge is 0.390 e. The van der Waals surface area contributed by atoms with Crippen LogP contribution in [0.1, 0.15) is 40.0 Å². The van der Waals surface area contributed by atoms with Crippen molar-refractivity contribution in [3.8, 4) is 0 Å². The number of carbonyl (C=O) groups is 2. The van der Waals surface area contributed by atoms with Crippen molar-refractivity contribution in [1.29, 1.82) is 0 Å². The number of halogens is 2. The fourth-order valence-corrected chi connectivity index (χ4v) is 7.25. The van der Waals surface area contributed by atoms with Crippen LogP contribution in [0.3, 0.4) is 0 Å². The van der Waals surface area contributed by atoms with Crippen LogP contribution in [0, 0.1) is 28.6 Å². The van der Waals surface area contributed by atoms with E-state index < -0.39 is 70.3 Å². The summed E-state index contributed by atoms with van der Waals surface area (Å²) in [5.74, 6) is -3.24. The Morgan fingerprint density at radius 3 is 2.55 bits per heavy atom. The minimum atomic E-state index is -2.24. The van der Waals surface area contributed by atoms with E-state index in [1.807, 2.05) is 0 Å². The molecule has 0 aromatic rings. The van der Waals surface area contributed by atoms with Gasteiger partial charge in [0.05, 0.1) is 6.10 Å². The van der Waals surface area contributed by atoms with E-state index in [1.165, 1.54) is 19.1 Å². The molecule has 5 nitrogen and oxygen atoms in total. The summed E-state index contributed by atoms with van der Waals surface area (Å²) in [6.07, 6.45) is 0.427. The fraction of sp³-hybridized carbons (Fsp3) is 0.727. The van der Waals surface area contributed by atoms with Crippen molar-refractivity contribution < 1.29 is 33.7 Å². The Hall–Kier alpha value is -1.44. The van der Waals surface area contributed by atoms with Gasteiger partial charge in [-0.15, -0.1) is 0 Å². The van der Waals surface area contributed by atoms with Crippen molar-refractivity contribution in [3.05, 3.63) is 23.8 Å². The molecule has 29 heavy (non-hydrogen) atoms. The maximum absolute atomic E-state index is 16.9. The lowest BCUT2D eigenvalue weighted by Gasteiger charge is -2.63. The van der Waals surface area contributed by atoms with E-state index >= 15 is 8.78 Å². The van der Waals surface area contributed by atoms with Crippen LogP contribution in [0.25, 0.3) is 0 Å². The van der Waals surface area contributed by atoms with Gasteiger partial charge in [0.2, 0.25) is 0 Å². The molecule has 4 rings (SSSR count). The molecule has 3 N–H and O–H groups in total. The second-order valence-electron chi connectivity index (χ2n) is 9.84. The summed E-state index contributed by atoms with van der Waals surface area (Å²) in [4.78, 5) is 24.3. The van der Waals surface area contributed by atoms with Gasteiger partial charge in [0.1, 0.15) is 18.4 Å². The molecule has 7 heteroatoms. The molecule has 0 amide bonds. The molecule has 0 aromatic carbocycles. The first-order chi connectivity index (χ1) is 13.4. The number of allylic oxidation sites excluding steroid dienone is 4. The topological polar surface area (TPSA) is 94.8 Å². The van der Waals surface area contributed by atoms with Crippen LogP contribution < -0.4 is 0 Å². The molecule has 4 aliphatic carbocycles. The third kappa shape index (κ3) is 2.19. The lowest BCUT2D eigenvalue weighted by Crippen LogP contribution is -2.70. The number of rotatable bonds is 2. The molecule has 4 aliphatic rings. The Labute approximate surface area is 168 Å². The van der Waals surface area contributed by atoms with Gasteiger partial charge in [0, 0.05) is 16.7 Å². The lowest BCUT2D eigenvalue weighted by atomic mass is 9.44. The third-order valence-electron chi connectivity index (χ3n) is 8.78. The Morgan fingerprint density at radius 1 is 1.28 bits per heavy atom. The molecule has 0 bridgehead atoms. The number of carbonyl (C=O) groups excluding carboxylic acids is 2. The van der Waals surface area contributed by atoms with Gasteiger partial charge in [0.25, 0.3) is 0 Å². The zero-order chi connectivity index (χ0) is 21.6. The normalized spacial score (nSPS) is 53.7. The van der Waals surface area contributed by atoms with Gasteiger partial charge in [0.15, 0.2) is 17.2 Å². The van der Waals surface area contributed by atoms with E-state index in [1.54, 1.807) is 13.8 Å². The molecule has 1 unspecified atom stereocenters. The predicted molar refractivity (Wildman–Crippen MR) is 100 cm³/mol. The SMILES string of the molecule is C[C@H]1C[C@@H]2[C@H]3C[C@H](F)C4=CC(=O)C=C[C@]4(C)C3(F)[C@@H](O)C[C@]2(C)[C@@]1(O)C(=O)CO. The number of fused-ring (bicyclic) bond motifs is 5. The van der Waals surface area contributed by atoms with Crippen LogP contribution in [0.2, 0.25) is 0 Å². The highest BCUT2D eigenvalue weighted by atomic mass is 19.1. The zero-order valence-electron chi connectivity index (χ0n) is 16.9. The van der Waals surface area contributed by atoms with E-state index in [4.69, 9.17) is 0 Å². The predicted octanol–water partition coefficient (Wildman–Crippen LogP) is 1.84. The second-order valence-corrected chi connectivity index (χ2v) is 9.84. The Kier molecular flexibility index (Phi) is 4.34. The summed E-state index contributed by atoms with van der Waals surface area (Å²) in [6.45, 7) is 3.96. The molecule has 0 aliphatic heterocycles. The zero-order valence-corrected chi connectivity index (χ0v) is 16.9. The summed E-state index contributed by atoms with van der Waals surface area (Å²) >= 11 is 0. The summed E-state index contributed by atoms with van der Waals surface area (Å²) in [5.41, 5.74) is -6.81. The molecular weight excluding hydrogens is 382 g/mol. The smallest absolute Gasteiger partial charge is 0.190 e. The number of ketones is 2. The Bertz CT molecular complexity index is 839. The summed E-state index contributed by atoms with van der Waals surface area (Å²) in [5, 5.41) is 31.9. The second kappa shape index (κ2) is 6.05. The molecule has 0 saturated heterocycles. The Balaban J connectivity index is 1.87. The van der Waals surface area contributed by atoms with Crippen LogP contribution in [0.4, 0.5) is 8.78 Å². The molecular formula is C22H28F2O5. The van der Waals surface area contributed by atoms with Gasteiger partial charge in [-0.2, -0.15) is 0 Å². The van der Waals surface area contributed by atoms with Gasteiger partial charge in [-0.05, 0) is 55.7 Å². The number of hydrogen-bond donors (Lipinski definition) is 3. The summed E-state index contributed by atoms with van der Waals surface area (Å²) in [6, 6.07) is 0. The van der Waals surface area contributed by atoms with Crippen LogP contribution in [-0.4, -0.2) is 57.0 Å². The maximum Gasteiger partial charge on any atom is 0.190 e. The number of alkyl halides is 2. The summed E-state index contributed by atoms with van der Waals surface area (Å²) in [7, 11) is 0. The molecule has 0 spiro atoms. The fourth-order valence-electron chi connectivity index (χ4n) is 7.25. The third-order valence-corrected chi connectivity index (χ3v) is 8.78. The first kappa shape index (κ1) is 20.8. The average molecular weight is 410 g/mol. The van der Waals surface area contributed by atoms with Crippen LogP contribution >= 0.6 is 0 Å². The van der Waals surface area contributed by atoms with E-state index in [9.17, 15) is 24.9 Å². The first-order valence-corrected chi connectivity index (χ1v) is 10.2. The number of aliphatic hydroxyl groups is 3. The molecule has 0 radical (unpaired) electrons. The van der Waals surface area contributed by atoms with Gasteiger partial charge in [-0.25, -0.2) is 8.78 Å². The van der Waals surface area contributed by atoms with E-state index in [-0.39, 0.29) is 24.8 Å². The van der Waals surface area contributed by atoms with Crippen molar-refractivity contribution >= 4 is 11.6 Å². The number of aliphatic hydroxyl groups excluding tert-OH is 2. The minimum absolute atomic E-state index is 0.0409. The van der Waals surface area contributed by atoms with Gasteiger partial charge >= 0.3 is 0 Å². The van der Waals surface area contributed by atoms with E-state index in [2.05, 4.69) is 0 Å². The van der Waals surface area contributed by atoms with Crippen molar-refractivity contribution in [1.82, 2.24) is 0 Å². The first-order valence-electron chi connectivity index (χ1n) is 10.2. The Morgan fingerprint density at radius 2 is 1.93 bits per heavy atom. The van der Waals surface area contributed by atoms with Gasteiger partial charge < -0.3 is 15.3 Å². The van der Waals surface area contributed by atoms with E-state index in [0.29, 0.717) is 0 Å². The van der Waals surface area contributed by atoms with Crippen LogP contribution in [0.5, 0.6) is 0 Å². The van der Waals surface area contributed by atoms with Crippen molar-refractivity contribution in [3.63, 3.8) is 0 Å². The maximum atomic E-state index is 16.9. The summed E-state index contributed by atoms with van der Waals surface area (Å²) < 4.78 is 32.1. The van der Waals surface area contributed by atoms with Gasteiger partial charge in [-0.3, -0.25) is 9.59 Å². The molecule has 160 valence electrons. The molecule has 0 heterocycles. The van der Waals surface area contributed by atoms with Crippen molar-refractivity contribution in [2.45, 2.75) is 63.6 Å².